The van der Waals surface area contributed by atoms with E-state index in [0.717, 1.165) is 18.5 Å². The summed E-state index contributed by atoms with van der Waals surface area (Å²) in [6.45, 7) is 0.845. The monoisotopic (exact) mass is 361 g/mol. The largest absolute Gasteiger partial charge is 0.492 e. The summed E-state index contributed by atoms with van der Waals surface area (Å²) >= 11 is 0. The number of hydrogen-bond acceptors (Lipinski definition) is 6. The second-order valence-corrected chi connectivity index (χ2v) is 7.24. The highest BCUT2D eigenvalue weighted by atomic mass is 16.5. The van der Waals surface area contributed by atoms with Gasteiger partial charge in [-0.25, -0.2) is 4.79 Å². The number of anilines is 1. The molecule has 3 N–H and O–H groups in total. The number of fused-ring (bicyclic) bond motifs is 1. The molecule has 1 aliphatic carbocycles. The SMILES string of the molecule is COc1c(N2CCC(O)(CO)CC2)ccc2c(=O)[nH]c(=O)n(C3CC3)c12. The van der Waals surface area contributed by atoms with Crippen LogP contribution >= 0.6 is 0 Å². The Labute approximate surface area is 149 Å². The average molecular weight is 361 g/mol. The van der Waals surface area contributed by atoms with Gasteiger partial charge in [0, 0.05) is 19.1 Å². The lowest BCUT2D eigenvalue weighted by atomic mass is 9.92. The fourth-order valence-corrected chi connectivity index (χ4v) is 3.76. The van der Waals surface area contributed by atoms with Crippen LogP contribution in [0, 0.1) is 0 Å². The number of hydrogen-bond donors (Lipinski definition) is 3. The molecule has 140 valence electrons. The Morgan fingerprint density at radius 1 is 1.27 bits per heavy atom. The number of piperidine rings is 1. The van der Waals surface area contributed by atoms with Crippen LogP contribution < -0.4 is 20.9 Å². The van der Waals surface area contributed by atoms with Gasteiger partial charge < -0.3 is 19.8 Å². The summed E-state index contributed by atoms with van der Waals surface area (Å²) in [6, 6.07) is 3.63. The van der Waals surface area contributed by atoms with Crippen LogP contribution in [0.3, 0.4) is 0 Å². The lowest BCUT2D eigenvalue weighted by molar-refractivity contribution is -0.0326. The first-order chi connectivity index (χ1) is 12.5. The maximum Gasteiger partial charge on any atom is 0.329 e. The van der Waals surface area contributed by atoms with Gasteiger partial charge in [0.25, 0.3) is 5.56 Å². The van der Waals surface area contributed by atoms with Crippen LogP contribution in [0.1, 0.15) is 31.7 Å². The molecule has 1 aromatic heterocycles. The van der Waals surface area contributed by atoms with Gasteiger partial charge in [-0.05, 0) is 37.8 Å². The van der Waals surface area contributed by atoms with Crippen molar-refractivity contribution in [3.8, 4) is 5.75 Å². The van der Waals surface area contributed by atoms with Crippen molar-refractivity contribution in [1.29, 1.82) is 0 Å². The topological polar surface area (TPSA) is 108 Å². The lowest BCUT2D eigenvalue weighted by Crippen LogP contribution is -2.46. The summed E-state index contributed by atoms with van der Waals surface area (Å²) in [6.07, 6.45) is 2.69. The molecule has 0 spiro atoms. The average Bonchev–Trinajstić information content (AvgIpc) is 3.46. The van der Waals surface area contributed by atoms with Crippen molar-refractivity contribution >= 4 is 16.6 Å². The molecule has 1 saturated carbocycles. The van der Waals surface area contributed by atoms with Crippen molar-refractivity contribution in [2.75, 3.05) is 31.7 Å². The van der Waals surface area contributed by atoms with Gasteiger partial charge in [-0.1, -0.05) is 0 Å². The van der Waals surface area contributed by atoms with E-state index in [9.17, 15) is 19.8 Å². The Balaban J connectivity index is 1.86. The quantitative estimate of drug-likeness (QED) is 0.726. The lowest BCUT2D eigenvalue weighted by Gasteiger charge is -2.38. The molecule has 0 bridgehead atoms. The van der Waals surface area contributed by atoms with Crippen LogP contribution in [-0.2, 0) is 0 Å². The van der Waals surface area contributed by atoms with Crippen molar-refractivity contribution in [3.63, 3.8) is 0 Å². The van der Waals surface area contributed by atoms with E-state index in [2.05, 4.69) is 9.88 Å². The normalized spacial score (nSPS) is 19.7. The summed E-state index contributed by atoms with van der Waals surface area (Å²) in [4.78, 5) is 29.1. The minimum Gasteiger partial charge on any atom is -0.492 e. The van der Waals surface area contributed by atoms with E-state index < -0.39 is 16.9 Å². The van der Waals surface area contributed by atoms with E-state index in [4.69, 9.17) is 4.74 Å². The van der Waals surface area contributed by atoms with E-state index in [1.54, 1.807) is 10.6 Å². The van der Waals surface area contributed by atoms with Crippen molar-refractivity contribution in [2.24, 2.45) is 0 Å². The number of ether oxygens (including phenoxy) is 1. The van der Waals surface area contributed by atoms with E-state index in [0.29, 0.717) is 42.6 Å². The smallest absolute Gasteiger partial charge is 0.329 e. The number of rotatable bonds is 4. The van der Waals surface area contributed by atoms with E-state index >= 15 is 0 Å². The number of methoxy groups -OCH3 is 1. The second kappa shape index (κ2) is 6.14. The number of aliphatic hydroxyl groups excluding tert-OH is 1. The Bertz CT molecular complexity index is 952. The second-order valence-electron chi connectivity index (χ2n) is 7.24. The van der Waals surface area contributed by atoms with Gasteiger partial charge in [0.2, 0.25) is 0 Å². The van der Waals surface area contributed by atoms with Crippen molar-refractivity contribution < 1.29 is 14.9 Å². The summed E-state index contributed by atoms with van der Waals surface area (Å²) in [5, 5.41) is 20.0. The highest BCUT2D eigenvalue weighted by Gasteiger charge is 2.34. The predicted octanol–water partition coefficient (Wildman–Crippen LogP) is 0.357. The molecule has 8 heteroatoms. The number of aromatic amines is 1. The molecule has 2 fully saturated rings. The standard InChI is InChI=1S/C18H23N3O5/c1-26-15-13(20-8-6-18(25,10-22)7-9-20)5-4-12-14(15)21(11-2-3-11)17(24)19-16(12)23/h4-5,11,22,25H,2-3,6-10H2,1H3,(H,19,23,24). The molecule has 2 aliphatic rings. The number of nitrogens with zero attached hydrogens (tertiary/aromatic N) is 2. The summed E-state index contributed by atoms with van der Waals surface area (Å²) < 4.78 is 7.28. The maximum absolute atomic E-state index is 12.4. The zero-order valence-electron chi connectivity index (χ0n) is 14.7. The highest BCUT2D eigenvalue weighted by molar-refractivity contribution is 5.90. The Hall–Kier alpha value is -2.32. The van der Waals surface area contributed by atoms with Crippen LogP contribution in [0.15, 0.2) is 21.7 Å². The van der Waals surface area contributed by atoms with Crippen molar-refractivity contribution in [3.05, 3.63) is 33.0 Å². The Morgan fingerprint density at radius 2 is 1.96 bits per heavy atom. The third-order valence-electron chi connectivity index (χ3n) is 5.48. The van der Waals surface area contributed by atoms with Crippen LogP contribution in [0.5, 0.6) is 5.75 Å². The minimum absolute atomic E-state index is 0.0897. The third-order valence-corrected chi connectivity index (χ3v) is 5.48. The number of H-pyrrole nitrogens is 1. The van der Waals surface area contributed by atoms with Crippen LogP contribution in [0.25, 0.3) is 10.9 Å². The molecule has 0 unspecified atom stereocenters. The molecular formula is C18H23N3O5. The molecule has 1 aliphatic heterocycles. The first kappa shape index (κ1) is 17.1. The maximum atomic E-state index is 12.4. The number of aromatic nitrogens is 2. The minimum atomic E-state index is -1.05. The number of benzene rings is 1. The van der Waals surface area contributed by atoms with Crippen molar-refractivity contribution in [1.82, 2.24) is 9.55 Å². The van der Waals surface area contributed by atoms with E-state index in [1.807, 2.05) is 6.07 Å². The molecule has 2 heterocycles. The van der Waals surface area contributed by atoms with Gasteiger partial charge in [0.05, 0.1) is 30.4 Å². The molecule has 8 nitrogen and oxygen atoms in total. The van der Waals surface area contributed by atoms with Gasteiger partial charge in [0.1, 0.15) is 5.52 Å². The molecule has 0 atom stereocenters. The molecule has 0 radical (unpaired) electrons. The van der Waals surface area contributed by atoms with E-state index in [1.165, 1.54) is 7.11 Å². The molecular weight excluding hydrogens is 338 g/mol. The van der Waals surface area contributed by atoms with Crippen LogP contribution in [-0.4, -0.2) is 52.2 Å². The van der Waals surface area contributed by atoms with Gasteiger partial charge in [0.15, 0.2) is 5.75 Å². The van der Waals surface area contributed by atoms with E-state index in [-0.39, 0.29) is 12.6 Å². The van der Waals surface area contributed by atoms with Crippen molar-refractivity contribution in [2.45, 2.75) is 37.3 Å². The molecule has 1 saturated heterocycles. The zero-order chi connectivity index (χ0) is 18.5. The molecule has 4 rings (SSSR count). The van der Waals surface area contributed by atoms with Crippen LogP contribution in [0.4, 0.5) is 5.69 Å². The van der Waals surface area contributed by atoms with Gasteiger partial charge in [-0.3, -0.25) is 14.3 Å². The fraction of sp³-hybridized carbons (Fsp3) is 0.556. The summed E-state index contributed by atoms with van der Waals surface area (Å²) in [5.41, 5.74) is -0.550. The highest BCUT2D eigenvalue weighted by Crippen LogP contribution is 2.41. The predicted molar refractivity (Wildman–Crippen MR) is 97.1 cm³/mol. The fourth-order valence-electron chi connectivity index (χ4n) is 3.76. The Morgan fingerprint density at radius 3 is 2.54 bits per heavy atom. The number of nitrogens with one attached hydrogen (secondary N) is 1. The zero-order valence-corrected chi connectivity index (χ0v) is 14.7. The molecule has 1 aromatic carbocycles. The summed E-state index contributed by atoms with van der Waals surface area (Å²) in [5.74, 6) is 0.507. The molecule has 2 aromatic rings. The third kappa shape index (κ3) is 2.69. The first-order valence-electron chi connectivity index (χ1n) is 8.91. The van der Waals surface area contributed by atoms with Gasteiger partial charge in [-0.2, -0.15) is 0 Å². The van der Waals surface area contributed by atoms with Crippen LogP contribution in [0.2, 0.25) is 0 Å². The molecule has 0 amide bonds. The first-order valence-corrected chi connectivity index (χ1v) is 8.91. The number of aliphatic hydroxyl groups is 2. The summed E-state index contributed by atoms with van der Waals surface area (Å²) in [7, 11) is 1.54. The Kier molecular flexibility index (Phi) is 4.04. The molecule has 26 heavy (non-hydrogen) atoms. The van der Waals surface area contributed by atoms with Gasteiger partial charge in [-0.15, -0.1) is 0 Å². The van der Waals surface area contributed by atoms with Gasteiger partial charge >= 0.3 is 5.69 Å².